The van der Waals surface area contributed by atoms with Gasteiger partial charge in [-0.1, -0.05) is 29.5 Å². The number of hydrogen-bond donors (Lipinski definition) is 2. The number of aromatic nitrogens is 4. The number of nitrogens with zero attached hydrogens (tertiary/aromatic N) is 4. The number of hydrogen-bond acceptors (Lipinski definition) is 6. The lowest BCUT2D eigenvalue weighted by atomic mass is 10.1. The molecule has 0 atom stereocenters. The summed E-state index contributed by atoms with van der Waals surface area (Å²) < 4.78 is 7.06. The first-order valence-electron chi connectivity index (χ1n) is 9.90. The summed E-state index contributed by atoms with van der Waals surface area (Å²) in [5.74, 6) is 0.893. The SMILES string of the molecule is O=c1cc(N2CCCOCC2)[nH]c2c(-c3cn(-c4ccccc4O)nn3)cccc12. The molecule has 0 unspecified atom stereocenters. The quantitative estimate of drug-likeness (QED) is 0.546. The molecule has 0 saturated carbocycles. The predicted molar refractivity (Wildman–Crippen MR) is 114 cm³/mol. The van der Waals surface area contributed by atoms with Gasteiger partial charge in [0.2, 0.25) is 0 Å². The molecule has 1 aliphatic heterocycles. The molecule has 1 fully saturated rings. The number of nitrogens with one attached hydrogen (secondary N) is 1. The molecule has 30 heavy (non-hydrogen) atoms. The molecule has 2 aromatic carbocycles. The van der Waals surface area contributed by atoms with E-state index >= 15 is 0 Å². The Morgan fingerprint density at radius 3 is 2.87 bits per heavy atom. The molecule has 8 heteroatoms. The lowest BCUT2D eigenvalue weighted by molar-refractivity contribution is 0.152. The van der Waals surface area contributed by atoms with Gasteiger partial charge in [-0.3, -0.25) is 4.79 Å². The highest BCUT2D eigenvalue weighted by Crippen LogP contribution is 2.28. The number of aromatic amines is 1. The summed E-state index contributed by atoms with van der Waals surface area (Å²) in [7, 11) is 0. The monoisotopic (exact) mass is 403 g/mol. The molecule has 0 spiro atoms. The van der Waals surface area contributed by atoms with Crippen LogP contribution in [0.4, 0.5) is 5.82 Å². The van der Waals surface area contributed by atoms with E-state index < -0.39 is 0 Å². The van der Waals surface area contributed by atoms with Crippen molar-refractivity contribution in [2.45, 2.75) is 6.42 Å². The Hall–Kier alpha value is -3.65. The third kappa shape index (κ3) is 3.31. The van der Waals surface area contributed by atoms with Crippen molar-refractivity contribution in [3.8, 4) is 22.7 Å². The van der Waals surface area contributed by atoms with Crippen LogP contribution in [0.3, 0.4) is 0 Å². The summed E-state index contributed by atoms with van der Waals surface area (Å²) in [5.41, 5.74) is 2.60. The van der Waals surface area contributed by atoms with Crippen molar-refractivity contribution < 1.29 is 9.84 Å². The number of H-pyrrole nitrogens is 1. The summed E-state index contributed by atoms with van der Waals surface area (Å²) in [5, 5.41) is 19.2. The Balaban J connectivity index is 1.61. The van der Waals surface area contributed by atoms with Crippen LogP contribution in [-0.4, -0.2) is 51.4 Å². The molecule has 3 heterocycles. The Kier molecular flexibility index (Phi) is 4.68. The molecule has 1 aliphatic rings. The van der Waals surface area contributed by atoms with Crippen molar-refractivity contribution in [3.63, 3.8) is 0 Å². The number of phenolic OH excluding ortho intramolecular Hbond substituents is 1. The van der Waals surface area contributed by atoms with Crippen molar-refractivity contribution in [3.05, 3.63) is 65.0 Å². The van der Waals surface area contributed by atoms with Crippen LogP contribution in [0.1, 0.15) is 6.42 Å². The number of phenols is 1. The molecule has 0 radical (unpaired) electrons. The lowest BCUT2D eigenvalue weighted by Gasteiger charge is -2.22. The van der Waals surface area contributed by atoms with Crippen LogP contribution >= 0.6 is 0 Å². The van der Waals surface area contributed by atoms with E-state index in [2.05, 4.69) is 20.2 Å². The van der Waals surface area contributed by atoms with Crippen LogP contribution in [0.2, 0.25) is 0 Å². The van der Waals surface area contributed by atoms with E-state index in [0.717, 1.165) is 43.0 Å². The van der Waals surface area contributed by atoms with Crippen molar-refractivity contribution in [2.24, 2.45) is 0 Å². The molecule has 0 amide bonds. The normalized spacial score (nSPS) is 14.7. The Morgan fingerprint density at radius 1 is 1.07 bits per heavy atom. The van der Waals surface area contributed by atoms with Gasteiger partial charge in [0.15, 0.2) is 5.43 Å². The number of ether oxygens (including phenoxy) is 1. The first kappa shape index (κ1) is 18.4. The minimum atomic E-state index is -0.0427. The maximum absolute atomic E-state index is 12.8. The van der Waals surface area contributed by atoms with Crippen LogP contribution in [0.25, 0.3) is 27.8 Å². The second-order valence-electron chi connectivity index (χ2n) is 7.24. The van der Waals surface area contributed by atoms with Crippen LogP contribution in [0.15, 0.2) is 59.5 Å². The summed E-state index contributed by atoms with van der Waals surface area (Å²) >= 11 is 0. The molecule has 5 rings (SSSR count). The van der Waals surface area contributed by atoms with Crippen molar-refractivity contribution in [1.82, 2.24) is 20.0 Å². The second kappa shape index (κ2) is 7.64. The Morgan fingerprint density at radius 2 is 1.97 bits per heavy atom. The zero-order valence-corrected chi connectivity index (χ0v) is 16.3. The van der Waals surface area contributed by atoms with Gasteiger partial charge in [-0.15, -0.1) is 5.10 Å². The van der Waals surface area contributed by atoms with Crippen LogP contribution in [0.5, 0.6) is 5.75 Å². The van der Waals surface area contributed by atoms with E-state index in [1.165, 1.54) is 4.68 Å². The van der Waals surface area contributed by atoms with Gasteiger partial charge >= 0.3 is 0 Å². The van der Waals surface area contributed by atoms with Crippen LogP contribution in [-0.2, 0) is 4.74 Å². The zero-order valence-electron chi connectivity index (χ0n) is 16.3. The van der Waals surface area contributed by atoms with Crippen molar-refractivity contribution in [1.29, 1.82) is 0 Å². The molecule has 152 valence electrons. The maximum Gasteiger partial charge on any atom is 0.191 e. The number of anilines is 1. The van der Waals surface area contributed by atoms with Gasteiger partial charge in [0.05, 0.1) is 18.3 Å². The molecule has 8 nitrogen and oxygen atoms in total. The fraction of sp³-hybridized carbons (Fsp3) is 0.227. The highest BCUT2D eigenvalue weighted by molar-refractivity contribution is 5.93. The second-order valence-corrected chi connectivity index (χ2v) is 7.24. The number of aromatic hydroxyl groups is 1. The fourth-order valence-electron chi connectivity index (χ4n) is 3.79. The molecule has 2 aromatic heterocycles. The number of para-hydroxylation sites is 3. The summed E-state index contributed by atoms with van der Waals surface area (Å²) in [6.45, 7) is 2.92. The molecular formula is C22H21N5O3. The smallest absolute Gasteiger partial charge is 0.191 e. The summed E-state index contributed by atoms with van der Waals surface area (Å²) in [6.07, 6.45) is 2.66. The first-order chi connectivity index (χ1) is 14.7. The van der Waals surface area contributed by atoms with E-state index in [1.54, 1.807) is 36.5 Å². The molecule has 0 bridgehead atoms. The Bertz CT molecular complexity index is 1260. The van der Waals surface area contributed by atoms with Crippen LogP contribution < -0.4 is 10.3 Å². The maximum atomic E-state index is 12.8. The number of pyridine rings is 1. The minimum Gasteiger partial charge on any atom is -0.506 e. The minimum absolute atomic E-state index is 0.0427. The molecule has 1 saturated heterocycles. The van der Waals surface area contributed by atoms with Crippen LogP contribution in [0, 0.1) is 0 Å². The average molecular weight is 403 g/mol. The van der Waals surface area contributed by atoms with E-state index in [9.17, 15) is 9.90 Å². The number of rotatable bonds is 3. The van der Waals surface area contributed by atoms with Gasteiger partial charge in [0, 0.05) is 36.7 Å². The number of benzene rings is 2. The van der Waals surface area contributed by atoms with Gasteiger partial charge in [-0.05, 0) is 24.6 Å². The number of fused-ring (bicyclic) bond motifs is 1. The average Bonchev–Trinajstić information content (AvgIpc) is 3.08. The van der Waals surface area contributed by atoms with Crippen molar-refractivity contribution >= 4 is 16.7 Å². The standard InChI is InChI=1S/C22H21N5O3/c28-19-8-2-1-7-18(19)27-14-17(24-25-27)15-5-3-6-16-20(29)13-21(23-22(15)16)26-9-4-11-30-12-10-26/h1-3,5-8,13-14,28H,4,9-12H2,(H,23,29). The molecule has 4 aromatic rings. The highest BCUT2D eigenvalue weighted by atomic mass is 16.5. The molecule has 2 N–H and O–H groups in total. The first-order valence-corrected chi connectivity index (χ1v) is 9.90. The third-order valence-electron chi connectivity index (χ3n) is 5.31. The predicted octanol–water partition coefficient (Wildman–Crippen LogP) is 2.71. The van der Waals surface area contributed by atoms with Crippen molar-refractivity contribution in [2.75, 3.05) is 31.2 Å². The lowest BCUT2D eigenvalue weighted by Crippen LogP contribution is -2.28. The van der Waals surface area contributed by atoms with E-state index in [1.807, 2.05) is 18.2 Å². The molecular weight excluding hydrogens is 382 g/mol. The van der Waals surface area contributed by atoms with Gasteiger partial charge in [-0.2, -0.15) is 0 Å². The topological polar surface area (TPSA) is 96.3 Å². The largest absolute Gasteiger partial charge is 0.506 e. The van der Waals surface area contributed by atoms with Gasteiger partial charge in [-0.25, -0.2) is 4.68 Å². The van der Waals surface area contributed by atoms with Gasteiger partial charge < -0.3 is 19.7 Å². The zero-order chi connectivity index (χ0) is 20.5. The van der Waals surface area contributed by atoms with Gasteiger partial charge in [0.1, 0.15) is 22.9 Å². The summed E-state index contributed by atoms with van der Waals surface area (Å²) in [4.78, 5) is 18.4. The molecule has 0 aliphatic carbocycles. The van der Waals surface area contributed by atoms with E-state index in [4.69, 9.17) is 4.74 Å². The van der Waals surface area contributed by atoms with E-state index in [-0.39, 0.29) is 11.2 Å². The fourth-order valence-corrected chi connectivity index (χ4v) is 3.79. The van der Waals surface area contributed by atoms with E-state index in [0.29, 0.717) is 23.4 Å². The Labute approximate surface area is 172 Å². The summed E-state index contributed by atoms with van der Waals surface area (Å²) in [6, 6.07) is 14.1. The van der Waals surface area contributed by atoms with Gasteiger partial charge in [0.25, 0.3) is 0 Å². The highest BCUT2D eigenvalue weighted by Gasteiger charge is 2.16. The third-order valence-corrected chi connectivity index (χ3v) is 5.31.